The Kier molecular flexibility index (Phi) is 2.91. The van der Waals surface area contributed by atoms with Gasteiger partial charge in [0.25, 0.3) is 0 Å². The predicted octanol–water partition coefficient (Wildman–Crippen LogP) is 2.70. The molecule has 0 spiro atoms. The van der Waals surface area contributed by atoms with Gasteiger partial charge in [-0.1, -0.05) is 12.1 Å². The van der Waals surface area contributed by atoms with Crippen LogP contribution in [0.1, 0.15) is 16.7 Å². The summed E-state index contributed by atoms with van der Waals surface area (Å²) in [7, 11) is 0. The molecule has 0 saturated heterocycles. The van der Waals surface area contributed by atoms with Gasteiger partial charge in [0, 0.05) is 12.5 Å². The fourth-order valence-corrected chi connectivity index (χ4v) is 1.79. The fourth-order valence-electron chi connectivity index (χ4n) is 1.79. The number of rotatable bonds is 2. The zero-order chi connectivity index (χ0) is 12.4. The molecule has 3 heteroatoms. The first-order valence-electron chi connectivity index (χ1n) is 5.35. The fraction of sp³-hybridized carbons (Fsp3) is 0.143. The number of aryl methyl sites for hydroxylation is 1. The molecule has 17 heavy (non-hydrogen) atoms. The van der Waals surface area contributed by atoms with Gasteiger partial charge in [-0.05, 0) is 41.8 Å². The van der Waals surface area contributed by atoms with Gasteiger partial charge in [-0.15, -0.1) is 0 Å². The number of aromatic hydroxyl groups is 3. The number of phenolic OH excluding ortho intramolecular Hbond substituents is 3. The van der Waals surface area contributed by atoms with Crippen LogP contribution in [0.25, 0.3) is 0 Å². The normalized spacial score (nSPS) is 10.4. The van der Waals surface area contributed by atoms with E-state index in [2.05, 4.69) is 0 Å². The van der Waals surface area contributed by atoms with E-state index in [0.717, 1.165) is 16.7 Å². The minimum atomic E-state index is 0.0497. The summed E-state index contributed by atoms with van der Waals surface area (Å²) in [5.41, 5.74) is 2.75. The maximum atomic E-state index is 9.69. The monoisotopic (exact) mass is 230 g/mol. The van der Waals surface area contributed by atoms with Crippen LogP contribution in [0.4, 0.5) is 0 Å². The van der Waals surface area contributed by atoms with Crippen LogP contribution in [0.2, 0.25) is 0 Å². The van der Waals surface area contributed by atoms with Crippen LogP contribution in [0.3, 0.4) is 0 Å². The molecule has 3 nitrogen and oxygen atoms in total. The van der Waals surface area contributed by atoms with E-state index in [1.165, 1.54) is 6.07 Å². The zero-order valence-electron chi connectivity index (χ0n) is 9.51. The lowest BCUT2D eigenvalue weighted by molar-refractivity contribution is 0.447. The van der Waals surface area contributed by atoms with Crippen molar-refractivity contribution in [2.45, 2.75) is 13.3 Å². The lowest BCUT2D eigenvalue weighted by Crippen LogP contribution is -1.92. The Morgan fingerprint density at radius 3 is 2.00 bits per heavy atom. The van der Waals surface area contributed by atoms with Gasteiger partial charge in [0.15, 0.2) is 0 Å². The van der Waals surface area contributed by atoms with Crippen LogP contribution in [0.15, 0.2) is 36.4 Å². The lowest BCUT2D eigenvalue weighted by atomic mass is 9.99. The molecule has 0 bridgehead atoms. The van der Waals surface area contributed by atoms with Gasteiger partial charge in [-0.2, -0.15) is 0 Å². The summed E-state index contributed by atoms with van der Waals surface area (Å²) in [4.78, 5) is 0. The van der Waals surface area contributed by atoms with Gasteiger partial charge >= 0.3 is 0 Å². The quantitative estimate of drug-likeness (QED) is 0.743. The molecule has 2 aromatic rings. The van der Waals surface area contributed by atoms with Gasteiger partial charge < -0.3 is 15.3 Å². The summed E-state index contributed by atoms with van der Waals surface area (Å²) in [6, 6.07) is 9.70. The van der Waals surface area contributed by atoms with E-state index < -0.39 is 0 Å². The van der Waals surface area contributed by atoms with E-state index in [1.807, 2.05) is 13.0 Å². The molecule has 2 rings (SSSR count). The van der Waals surface area contributed by atoms with Crippen LogP contribution in [-0.2, 0) is 6.42 Å². The minimum Gasteiger partial charge on any atom is -0.508 e. The molecule has 0 aliphatic carbocycles. The second kappa shape index (κ2) is 4.37. The molecule has 88 valence electrons. The number of hydrogen-bond donors (Lipinski definition) is 3. The van der Waals surface area contributed by atoms with Crippen LogP contribution in [0, 0.1) is 6.92 Å². The Morgan fingerprint density at radius 1 is 0.824 bits per heavy atom. The van der Waals surface area contributed by atoms with Crippen molar-refractivity contribution in [1.29, 1.82) is 0 Å². The van der Waals surface area contributed by atoms with E-state index in [-0.39, 0.29) is 17.2 Å². The first-order valence-corrected chi connectivity index (χ1v) is 5.35. The Hall–Kier alpha value is -2.16. The first kappa shape index (κ1) is 11.3. The van der Waals surface area contributed by atoms with Crippen molar-refractivity contribution in [2.75, 3.05) is 0 Å². The molecule has 0 atom stereocenters. The first-order chi connectivity index (χ1) is 8.06. The van der Waals surface area contributed by atoms with E-state index in [9.17, 15) is 15.3 Å². The molecule has 0 heterocycles. The molecule has 0 saturated carbocycles. The SMILES string of the molecule is Cc1cc(O)ccc1Cc1ccc(O)cc1O. The summed E-state index contributed by atoms with van der Waals surface area (Å²) in [6.07, 6.45) is 0.568. The Morgan fingerprint density at radius 2 is 1.41 bits per heavy atom. The van der Waals surface area contributed by atoms with Gasteiger partial charge in [0.1, 0.15) is 17.2 Å². The average molecular weight is 230 g/mol. The van der Waals surface area contributed by atoms with Crippen LogP contribution < -0.4 is 0 Å². The smallest absolute Gasteiger partial charge is 0.122 e. The Bertz CT molecular complexity index is 498. The molecule has 2 aromatic carbocycles. The molecule has 3 N–H and O–H groups in total. The van der Waals surface area contributed by atoms with E-state index in [4.69, 9.17) is 0 Å². The van der Waals surface area contributed by atoms with Crippen molar-refractivity contribution >= 4 is 0 Å². The highest BCUT2D eigenvalue weighted by atomic mass is 16.3. The van der Waals surface area contributed by atoms with E-state index in [1.54, 1.807) is 24.3 Å². The van der Waals surface area contributed by atoms with Gasteiger partial charge in [-0.3, -0.25) is 0 Å². The van der Waals surface area contributed by atoms with Crippen molar-refractivity contribution in [1.82, 2.24) is 0 Å². The summed E-state index contributed by atoms with van der Waals surface area (Å²) in [5.74, 6) is 0.368. The lowest BCUT2D eigenvalue weighted by Gasteiger charge is -2.08. The third-order valence-electron chi connectivity index (χ3n) is 2.78. The Balaban J connectivity index is 2.31. The predicted molar refractivity (Wildman–Crippen MR) is 65.4 cm³/mol. The highest BCUT2D eigenvalue weighted by Gasteiger charge is 2.06. The summed E-state index contributed by atoms with van der Waals surface area (Å²) in [6.45, 7) is 1.91. The van der Waals surface area contributed by atoms with E-state index in [0.29, 0.717) is 6.42 Å². The highest BCUT2D eigenvalue weighted by molar-refractivity contribution is 5.44. The molecular formula is C14H14O3. The summed E-state index contributed by atoms with van der Waals surface area (Å²) >= 11 is 0. The van der Waals surface area contributed by atoms with Crippen LogP contribution in [-0.4, -0.2) is 15.3 Å². The second-order valence-corrected chi connectivity index (χ2v) is 4.10. The van der Waals surface area contributed by atoms with Gasteiger partial charge in [0.05, 0.1) is 0 Å². The highest BCUT2D eigenvalue weighted by Crippen LogP contribution is 2.26. The number of benzene rings is 2. The Labute approximate surface area is 99.6 Å². The van der Waals surface area contributed by atoms with E-state index >= 15 is 0 Å². The zero-order valence-corrected chi connectivity index (χ0v) is 9.51. The van der Waals surface area contributed by atoms with Gasteiger partial charge in [0.2, 0.25) is 0 Å². The number of hydrogen-bond acceptors (Lipinski definition) is 3. The topological polar surface area (TPSA) is 60.7 Å². The molecule has 0 aliphatic rings. The maximum absolute atomic E-state index is 9.69. The molecule has 0 radical (unpaired) electrons. The summed E-state index contributed by atoms with van der Waals surface area (Å²) in [5, 5.41) is 28.2. The van der Waals surface area contributed by atoms with Crippen molar-refractivity contribution < 1.29 is 15.3 Å². The standard InChI is InChI=1S/C14H14O3/c1-9-6-12(15)4-2-10(9)7-11-3-5-13(16)8-14(11)17/h2-6,8,15-17H,7H2,1H3. The van der Waals surface area contributed by atoms with Crippen molar-refractivity contribution in [2.24, 2.45) is 0 Å². The molecule has 0 aromatic heterocycles. The van der Waals surface area contributed by atoms with Gasteiger partial charge in [-0.25, -0.2) is 0 Å². The third-order valence-corrected chi connectivity index (χ3v) is 2.78. The molecule has 0 aliphatic heterocycles. The largest absolute Gasteiger partial charge is 0.508 e. The minimum absolute atomic E-state index is 0.0497. The van der Waals surface area contributed by atoms with Crippen LogP contribution in [0.5, 0.6) is 17.2 Å². The third kappa shape index (κ3) is 2.50. The van der Waals surface area contributed by atoms with Crippen LogP contribution >= 0.6 is 0 Å². The maximum Gasteiger partial charge on any atom is 0.122 e. The molecule has 0 amide bonds. The van der Waals surface area contributed by atoms with Crippen molar-refractivity contribution in [3.63, 3.8) is 0 Å². The van der Waals surface area contributed by atoms with Crippen molar-refractivity contribution in [3.8, 4) is 17.2 Å². The molecule has 0 unspecified atom stereocenters. The van der Waals surface area contributed by atoms with Crippen molar-refractivity contribution in [3.05, 3.63) is 53.1 Å². The second-order valence-electron chi connectivity index (χ2n) is 4.10. The summed E-state index contributed by atoms with van der Waals surface area (Å²) < 4.78 is 0. The number of phenols is 3. The average Bonchev–Trinajstić information content (AvgIpc) is 2.25. The molecule has 0 fully saturated rings. The molecular weight excluding hydrogens is 216 g/mol.